The highest BCUT2D eigenvalue weighted by atomic mass is 16.4. The van der Waals surface area contributed by atoms with E-state index in [-0.39, 0.29) is 17.9 Å². The van der Waals surface area contributed by atoms with Crippen molar-refractivity contribution < 1.29 is 14.0 Å². The Bertz CT molecular complexity index is 963. The summed E-state index contributed by atoms with van der Waals surface area (Å²) in [5, 5.41) is 5.69. The number of para-hydroxylation sites is 2. The topological polar surface area (TPSA) is 87.5 Å². The fraction of sp³-hybridized carbons (Fsp3) is 0.286. The Labute approximate surface area is 162 Å². The second-order valence-electron chi connectivity index (χ2n) is 6.92. The van der Waals surface area contributed by atoms with Crippen LogP contribution in [0, 0.1) is 0 Å². The number of hydrogen-bond donors (Lipinski definition) is 2. The molecule has 28 heavy (non-hydrogen) atoms. The van der Waals surface area contributed by atoms with Crippen molar-refractivity contribution in [1.82, 2.24) is 10.3 Å². The summed E-state index contributed by atoms with van der Waals surface area (Å²) in [7, 11) is 0. The summed E-state index contributed by atoms with van der Waals surface area (Å²) in [6, 6.07) is 15.3. The van der Waals surface area contributed by atoms with E-state index in [4.69, 9.17) is 4.42 Å². The average Bonchev–Trinajstić information content (AvgIpc) is 3.32. The molecule has 2 N–H and O–H groups in total. The summed E-state index contributed by atoms with van der Waals surface area (Å²) >= 11 is 0. The van der Waals surface area contributed by atoms with E-state index in [1.807, 2.05) is 24.3 Å². The number of rotatable bonds is 5. The van der Waals surface area contributed by atoms with Gasteiger partial charge in [0.1, 0.15) is 5.52 Å². The minimum Gasteiger partial charge on any atom is -0.423 e. The molecule has 1 aromatic heterocycles. The van der Waals surface area contributed by atoms with Crippen LogP contribution in [-0.2, 0) is 4.79 Å². The van der Waals surface area contributed by atoms with Crippen molar-refractivity contribution in [2.75, 3.05) is 23.3 Å². The predicted octanol–water partition coefficient (Wildman–Crippen LogP) is 3.19. The van der Waals surface area contributed by atoms with Gasteiger partial charge in [0.05, 0.1) is 6.04 Å². The molecule has 2 heterocycles. The van der Waals surface area contributed by atoms with Gasteiger partial charge in [-0.15, -0.1) is 0 Å². The van der Waals surface area contributed by atoms with Gasteiger partial charge >= 0.3 is 0 Å². The molecule has 4 rings (SSSR count). The lowest BCUT2D eigenvalue weighted by molar-refractivity contribution is -0.114. The molecular weight excluding hydrogens is 356 g/mol. The summed E-state index contributed by atoms with van der Waals surface area (Å²) in [4.78, 5) is 30.2. The quantitative estimate of drug-likeness (QED) is 0.712. The molecule has 7 nitrogen and oxygen atoms in total. The highest BCUT2D eigenvalue weighted by Gasteiger charge is 2.28. The number of carbonyl (C=O) groups excluding carboxylic acids is 2. The van der Waals surface area contributed by atoms with Gasteiger partial charge in [0.15, 0.2) is 5.58 Å². The number of oxazole rings is 1. The van der Waals surface area contributed by atoms with Gasteiger partial charge in [-0.2, -0.15) is 4.98 Å². The van der Waals surface area contributed by atoms with Crippen LogP contribution in [0.15, 0.2) is 52.9 Å². The van der Waals surface area contributed by atoms with Crippen LogP contribution in [0.2, 0.25) is 0 Å². The van der Waals surface area contributed by atoms with Crippen molar-refractivity contribution in [3.8, 4) is 0 Å². The van der Waals surface area contributed by atoms with Gasteiger partial charge in [-0.25, -0.2) is 0 Å². The number of benzene rings is 2. The highest BCUT2D eigenvalue weighted by Crippen LogP contribution is 2.28. The van der Waals surface area contributed by atoms with Crippen LogP contribution in [0.4, 0.5) is 11.7 Å². The lowest BCUT2D eigenvalue weighted by Crippen LogP contribution is -2.40. The molecule has 1 aliphatic rings. The van der Waals surface area contributed by atoms with E-state index in [2.05, 4.69) is 20.5 Å². The van der Waals surface area contributed by atoms with E-state index >= 15 is 0 Å². The molecule has 0 radical (unpaired) electrons. The molecule has 0 saturated carbocycles. The summed E-state index contributed by atoms with van der Waals surface area (Å²) < 4.78 is 5.89. The summed E-state index contributed by atoms with van der Waals surface area (Å²) in [5.74, 6) is -0.281. The summed E-state index contributed by atoms with van der Waals surface area (Å²) in [5.41, 5.74) is 2.83. The third kappa shape index (κ3) is 3.83. The fourth-order valence-electron chi connectivity index (χ4n) is 3.50. The zero-order valence-electron chi connectivity index (χ0n) is 15.6. The number of aromatic nitrogens is 1. The van der Waals surface area contributed by atoms with Gasteiger partial charge in [-0.3, -0.25) is 9.59 Å². The molecule has 0 aliphatic carbocycles. The zero-order chi connectivity index (χ0) is 19.5. The van der Waals surface area contributed by atoms with Gasteiger partial charge < -0.3 is 20.0 Å². The molecule has 3 aromatic rings. The summed E-state index contributed by atoms with van der Waals surface area (Å²) in [6.45, 7) is 2.83. The van der Waals surface area contributed by atoms with Crippen LogP contribution in [-0.4, -0.2) is 35.9 Å². The molecular formula is C21H22N4O3. The number of amides is 2. The normalized spacial score (nSPS) is 16.3. The zero-order valence-corrected chi connectivity index (χ0v) is 15.6. The first-order valence-electron chi connectivity index (χ1n) is 9.38. The predicted molar refractivity (Wildman–Crippen MR) is 107 cm³/mol. The van der Waals surface area contributed by atoms with Gasteiger partial charge in [-0.1, -0.05) is 12.1 Å². The Morgan fingerprint density at radius 2 is 1.96 bits per heavy atom. The minimum atomic E-state index is -0.141. The van der Waals surface area contributed by atoms with E-state index in [9.17, 15) is 9.59 Å². The van der Waals surface area contributed by atoms with Crippen LogP contribution in [0.3, 0.4) is 0 Å². The first-order valence-corrected chi connectivity index (χ1v) is 9.38. The van der Waals surface area contributed by atoms with Crippen LogP contribution in [0.25, 0.3) is 11.1 Å². The molecule has 144 valence electrons. The average molecular weight is 378 g/mol. The number of anilines is 2. The van der Waals surface area contributed by atoms with Crippen molar-refractivity contribution in [3.63, 3.8) is 0 Å². The monoisotopic (exact) mass is 378 g/mol. The molecule has 1 unspecified atom stereocenters. The first kappa shape index (κ1) is 18.0. The minimum absolute atomic E-state index is 0.140. The van der Waals surface area contributed by atoms with Crippen molar-refractivity contribution in [2.24, 2.45) is 0 Å². The third-order valence-electron chi connectivity index (χ3n) is 4.87. The molecule has 7 heteroatoms. The molecule has 1 aliphatic heterocycles. The maximum atomic E-state index is 12.5. The van der Waals surface area contributed by atoms with Crippen LogP contribution in [0.5, 0.6) is 0 Å². The van der Waals surface area contributed by atoms with Crippen LogP contribution >= 0.6 is 0 Å². The Kier molecular flexibility index (Phi) is 4.97. The van der Waals surface area contributed by atoms with E-state index in [0.29, 0.717) is 23.8 Å². The lowest BCUT2D eigenvalue weighted by Gasteiger charge is -2.23. The molecule has 1 atom stereocenters. The van der Waals surface area contributed by atoms with Crippen molar-refractivity contribution in [1.29, 1.82) is 0 Å². The number of nitrogens with zero attached hydrogens (tertiary/aromatic N) is 2. The molecule has 1 fully saturated rings. The van der Waals surface area contributed by atoms with E-state index in [1.165, 1.54) is 6.92 Å². The Morgan fingerprint density at radius 1 is 1.18 bits per heavy atom. The molecule has 1 saturated heterocycles. The van der Waals surface area contributed by atoms with Gasteiger partial charge in [0, 0.05) is 31.3 Å². The van der Waals surface area contributed by atoms with E-state index < -0.39 is 0 Å². The fourth-order valence-corrected chi connectivity index (χ4v) is 3.50. The number of carbonyl (C=O) groups is 2. The van der Waals surface area contributed by atoms with Gasteiger partial charge in [0.25, 0.3) is 11.9 Å². The van der Waals surface area contributed by atoms with E-state index in [1.54, 1.807) is 24.3 Å². The van der Waals surface area contributed by atoms with Gasteiger partial charge in [0.2, 0.25) is 5.91 Å². The lowest BCUT2D eigenvalue weighted by atomic mass is 10.1. The molecule has 0 spiro atoms. The van der Waals surface area contributed by atoms with Crippen LogP contribution in [0.1, 0.15) is 30.1 Å². The van der Waals surface area contributed by atoms with Gasteiger partial charge in [-0.05, 0) is 49.2 Å². The summed E-state index contributed by atoms with van der Waals surface area (Å²) in [6.07, 6.45) is 2.01. The largest absolute Gasteiger partial charge is 0.423 e. The number of hydrogen-bond acceptors (Lipinski definition) is 5. The van der Waals surface area contributed by atoms with Crippen molar-refractivity contribution >= 4 is 34.6 Å². The molecule has 2 aromatic carbocycles. The second kappa shape index (κ2) is 7.72. The Morgan fingerprint density at radius 3 is 2.71 bits per heavy atom. The Hall–Kier alpha value is -3.35. The molecule has 0 bridgehead atoms. The number of fused-ring (bicyclic) bond motifs is 1. The second-order valence-corrected chi connectivity index (χ2v) is 6.92. The highest BCUT2D eigenvalue weighted by molar-refractivity contribution is 5.95. The van der Waals surface area contributed by atoms with Crippen molar-refractivity contribution in [2.45, 2.75) is 25.8 Å². The smallest absolute Gasteiger partial charge is 0.298 e. The van der Waals surface area contributed by atoms with Crippen LogP contribution < -0.4 is 15.5 Å². The maximum absolute atomic E-state index is 12.5. The SMILES string of the molecule is CC(=O)Nc1ccc(C(=O)NCC2CCCN2c2nc3ccccc3o2)cc1. The van der Waals surface area contributed by atoms with Crippen molar-refractivity contribution in [3.05, 3.63) is 54.1 Å². The standard InChI is InChI=1S/C21H22N4O3/c1-14(26)23-16-10-8-15(9-11-16)20(27)22-13-17-5-4-12-25(17)21-24-18-6-2-3-7-19(18)28-21/h2-3,6-11,17H,4-5,12-13H2,1H3,(H,22,27)(H,23,26). The third-order valence-corrected chi connectivity index (χ3v) is 4.87. The molecule has 2 amide bonds. The first-order chi connectivity index (χ1) is 13.6. The Balaban J connectivity index is 1.39. The maximum Gasteiger partial charge on any atom is 0.298 e. The van der Waals surface area contributed by atoms with E-state index in [0.717, 1.165) is 30.5 Å². The number of nitrogens with one attached hydrogen (secondary N) is 2.